The maximum Gasteiger partial charge on any atom is 0.250 e. The minimum Gasteiger partial charge on any atom is -0.494 e. The van der Waals surface area contributed by atoms with E-state index in [1.807, 2.05) is 24.3 Å². The molecule has 6 heteroatoms. The van der Waals surface area contributed by atoms with Crippen LogP contribution in [0.4, 0.5) is 5.13 Å². The number of unbranched alkanes of at least 4 members (excludes halogenated alkanes) is 1. The molecule has 0 fully saturated rings. The van der Waals surface area contributed by atoms with Gasteiger partial charge in [-0.15, -0.1) is 10.2 Å². The number of nitrogens with one attached hydrogen (secondary N) is 1. The number of anilines is 1. The molecule has 0 radical (unpaired) electrons. The smallest absolute Gasteiger partial charge is 0.250 e. The predicted molar refractivity (Wildman–Crippen MR) is 84.4 cm³/mol. The Kier molecular flexibility index (Phi) is 5.90. The van der Waals surface area contributed by atoms with Gasteiger partial charge in [0.1, 0.15) is 11.3 Å². The Morgan fingerprint density at radius 1 is 1.38 bits per heavy atom. The largest absolute Gasteiger partial charge is 0.494 e. The summed E-state index contributed by atoms with van der Waals surface area (Å²) in [5.41, 5.74) is 2.50. The lowest BCUT2D eigenvalue weighted by atomic mass is 10.2. The number of carbonyl (C=O) groups is 1. The molecular formula is C15H17N3O2S. The lowest BCUT2D eigenvalue weighted by Crippen LogP contribution is -2.07. The molecule has 2 rings (SSSR count). The van der Waals surface area contributed by atoms with Gasteiger partial charge in [-0.1, -0.05) is 36.8 Å². The normalized spacial score (nSPS) is 10.7. The average molecular weight is 303 g/mol. The van der Waals surface area contributed by atoms with Crippen molar-refractivity contribution in [1.29, 1.82) is 0 Å². The van der Waals surface area contributed by atoms with Gasteiger partial charge in [0.05, 0.1) is 6.61 Å². The van der Waals surface area contributed by atoms with Gasteiger partial charge in [-0.3, -0.25) is 10.1 Å². The van der Waals surface area contributed by atoms with Crippen molar-refractivity contribution in [2.45, 2.75) is 19.8 Å². The Morgan fingerprint density at radius 2 is 2.19 bits per heavy atom. The molecule has 2 aromatic rings. The second kappa shape index (κ2) is 8.16. The van der Waals surface area contributed by atoms with Crippen molar-refractivity contribution in [2.24, 2.45) is 0 Å². The molecule has 1 heterocycles. The molecule has 1 aromatic heterocycles. The summed E-state index contributed by atoms with van der Waals surface area (Å²) in [6, 6.07) is 7.63. The van der Waals surface area contributed by atoms with Crippen LogP contribution in [-0.4, -0.2) is 22.7 Å². The monoisotopic (exact) mass is 303 g/mol. The highest BCUT2D eigenvalue weighted by atomic mass is 32.1. The van der Waals surface area contributed by atoms with Crippen LogP contribution in [0.1, 0.15) is 25.3 Å². The maximum absolute atomic E-state index is 11.6. The van der Waals surface area contributed by atoms with Crippen LogP contribution in [0.25, 0.3) is 6.08 Å². The molecule has 0 saturated heterocycles. The summed E-state index contributed by atoms with van der Waals surface area (Å²) in [6.45, 7) is 2.86. The van der Waals surface area contributed by atoms with Crippen LogP contribution in [0.15, 0.2) is 35.9 Å². The van der Waals surface area contributed by atoms with Gasteiger partial charge in [0, 0.05) is 6.08 Å². The molecule has 0 saturated carbocycles. The van der Waals surface area contributed by atoms with E-state index in [2.05, 4.69) is 22.4 Å². The molecule has 1 N–H and O–H groups in total. The van der Waals surface area contributed by atoms with E-state index in [0.717, 1.165) is 30.8 Å². The van der Waals surface area contributed by atoms with Crippen LogP contribution < -0.4 is 10.1 Å². The van der Waals surface area contributed by atoms with Crippen LogP contribution >= 0.6 is 11.3 Å². The first kappa shape index (κ1) is 15.2. The van der Waals surface area contributed by atoms with Crippen LogP contribution in [0, 0.1) is 0 Å². The van der Waals surface area contributed by atoms with Gasteiger partial charge in [0.15, 0.2) is 0 Å². The standard InChI is InChI=1S/C15H17N3O2S/c1-2-3-10-20-13-7-4-12(5-8-13)6-9-14(19)17-15-18-16-11-21-15/h4-9,11H,2-3,10H2,1H3,(H,17,18,19)/b9-6+. The molecule has 0 aliphatic rings. The second-order valence-electron chi connectivity index (χ2n) is 4.34. The highest BCUT2D eigenvalue weighted by Gasteiger charge is 2.00. The van der Waals surface area contributed by atoms with Gasteiger partial charge in [-0.05, 0) is 30.2 Å². The number of ether oxygens (including phenoxy) is 1. The number of hydrogen-bond acceptors (Lipinski definition) is 5. The van der Waals surface area contributed by atoms with Crippen molar-refractivity contribution < 1.29 is 9.53 Å². The van der Waals surface area contributed by atoms with E-state index in [-0.39, 0.29) is 5.91 Å². The van der Waals surface area contributed by atoms with Crippen LogP contribution in [0.2, 0.25) is 0 Å². The number of rotatable bonds is 7. The summed E-state index contributed by atoms with van der Waals surface area (Å²) in [6.07, 6.45) is 5.37. The van der Waals surface area contributed by atoms with Gasteiger partial charge < -0.3 is 4.74 Å². The van der Waals surface area contributed by atoms with Gasteiger partial charge >= 0.3 is 0 Å². The Morgan fingerprint density at radius 3 is 2.86 bits per heavy atom. The Labute approximate surface area is 127 Å². The van der Waals surface area contributed by atoms with Gasteiger partial charge in [0.2, 0.25) is 11.0 Å². The molecule has 5 nitrogen and oxygen atoms in total. The third kappa shape index (κ3) is 5.35. The summed E-state index contributed by atoms with van der Waals surface area (Å²) in [7, 11) is 0. The van der Waals surface area contributed by atoms with E-state index in [4.69, 9.17) is 4.74 Å². The molecular weight excluding hydrogens is 286 g/mol. The minimum atomic E-state index is -0.227. The van der Waals surface area contributed by atoms with Crippen LogP contribution in [-0.2, 0) is 4.79 Å². The van der Waals surface area contributed by atoms with E-state index >= 15 is 0 Å². The molecule has 0 bridgehead atoms. The zero-order valence-electron chi connectivity index (χ0n) is 11.8. The van der Waals surface area contributed by atoms with Crippen molar-refractivity contribution >= 4 is 28.5 Å². The van der Waals surface area contributed by atoms with Crippen molar-refractivity contribution in [3.63, 3.8) is 0 Å². The molecule has 0 atom stereocenters. The second-order valence-corrected chi connectivity index (χ2v) is 5.17. The van der Waals surface area contributed by atoms with E-state index in [1.165, 1.54) is 17.4 Å². The average Bonchev–Trinajstić information content (AvgIpc) is 2.99. The molecule has 1 amide bonds. The SMILES string of the molecule is CCCCOc1ccc(/C=C/C(=O)Nc2nncs2)cc1. The molecule has 0 spiro atoms. The Balaban J connectivity index is 1.84. The number of aromatic nitrogens is 2. The van der Waals surface area contributed by atoms with E-state index in [1.54, 1.807) is 11.6 Å². The highest BCUT2D eigenvalue weighted by molar-refractivity contribution is 7.13. The number of hydrogen-bond donors (Lipinski definition) is 1. The number of amides is 1. The fourth-order valence-electron chi connectivity index (χ4n) is 1.56. The van der Waals surface area contributed by atoms with Crippen molar-refractivity contribution in [1.82, 2.24) is 10.2 Å². The van der Waals surface area contributed by atoms with Crippen molar-refractivity contribution in [3.8, 4) is 5.75 Å². The van der Waals surface area contributed by atoms with Crippen LogP contribution in [0.3, 0.4) is 0 Å². The summed E-state index contributed by atoms with van der Waals surface area (Å²) >= 11 is 1.28. The highest BCUT2D eigenvalue weighted by Crippen LogP contribution is 2.14. The predicted octanol–water partition coefficient (Wildman–Crippen LogP) is 3.37. The quantitative estimate of drug-likeness (QED) is 0.629. The number of nitrogens with zero attached hydrogens (tertiary/aromatic N) is 2. The van der Waals surface area contributed by atoms with Gasteiger partial charge in [-0.2, -0.15) is 0 Å². The first-order valence-electron chi connectivity index (χ1n) is 6.76. The fraction of sp³-hybridized carbons (Fsp3) is 0.267. The molecule has 0 aliphatic carbocycles. The Bertz CT molecular complexity index is 579. The third-order valence-corrected chi connectivity index (χ3v) is 3.27. The van der Waals surface area contributed by atoms with Gasteiger partial charge in [-0.25, -0.2) is 0 Å². The van der Waals surface area contributed by atoms with E-state index in [0.29, 0.717) is 5.13 Å². The zero-order valence-corrected chi connectivity index (χ0v) is 12.6. The summed E-state index contributed by atoms with van der Waals surface area (Å²) < 4.78 is 5.58. The van der Waals surface area contributed by atoms with Crippen molar-refractivity contribution in [3.05, 3.63) is 41.4 Å². The molecule has 110 valence electrons. The number of benzene rings is 1. The molecule has 0 unspecified atom stereocenters. The fourth-order valence-corrected chi connectivity index (χ4v) is 2.00. The first-order chi connectivity index (χ1) is 10.3. The van der Waals surface area contributed by atoms with Crippen molar-refractivity contribution in [2.75, 3.05) is 11.9 Å². The molecule has 1 aromatic carbocycles. The summed E-state index contributed by atoms with van der Waals surface area (Å²) in [5.74, 6) is 0.619. The van der Waals surface area contributed by atoms with Crippen LogP contribution in [0.5, 0.6) is 5.75 Å². The maximum atomic E-state index is 11.6. The van der Waals surface area contributed by atoms with E-state index in [9.17, 15) is 4.79 Å². The Hall–Kier alpha value is -2.21. The number of carbonyl (C=O) groups excluding carboxylic acids is 1. The zero-order chi connectivity index (χ0) is 14.9. The summed E-state index contributed by atoms with van der Waals surface area (Å²) in [4.78, 5) is 11.6. The topological polar surface area (TPSA) is 64.1 Å². The minimum absolute atomic E-state index is 0.227. The first-order valence-corrected chi connectivity index (χ1v) is 7.64. The lowest BCUT2D eigenvalue weighted by Gasteiger charge is -2.04. The molecule has 0 aliphatic heterocycles. The third-order valence-electron chi connectivity index (χ3n) is 2.66. The summed E-state index contributed by atoms with van der Waals surface area (Å²) in [5, 5.41) is 10.5. The lowest BCUT2D eigenvalue weighted by molar-refractivity contribution is -0.111. The van der Waals surface area contributed by atoms with Gasteiger partial charge in [0.25, 0.3) is 0 Å². The van der Waals surface area contributed by atoms with E-state index < -0.39 is 0 Å². The molecule has 21 heavy (non-hydrogen) atoms.